The molecule has 1 aliphatic rings. The van der Waals surface area contributed by atoms with Crippen LogP contribution in [0.15, 0.2) is 18.5 Å². The maximum atomic E-state index is 12.1. The SMILES string of the molecule is [C-]#[N+]c1cnc(N[C@@H]2CCCN(c3cc4c(cn3)c(NC(=O)C(C)Br)nn4C)C2)nc1OC. The Labute approximate surface area is 199 Å². The van der Waals surface area contributed by atoms with E-state index in [0.717, 1.165) is 42.7 Å². The summed E-state index contributed by atoms with van der Waals surface area (Å²) in [7, 11) is 3.33. The van der Waals surface area contributed by atoms with Crippen LogP contribution in [0.5, 0.6) is 5.88 Å². The first-order valence-corrected chi connectivity index (χ1v) is 11.4. The van der Waals surface area contributed by atoms with Gasteiger partial charge >= 0.3 is 0 Å². The van der Waals surface area contributed by atoms with Crippen molar-refractivity contribution in [2.24, 2.45) is 7.05 Å². The van der Waals surface area contributed by atoms with E-state index in [2.05, 4.69) is 56.4 Å². The van der Waals surface area contributed by atoms with Gasteiger partial charge in [0.1, 0.15) is 5.82 Å². The Morgan fingerprint density at radius 1 is 1.39 bits per heavy atom. The molecular formula is C21H24BrN9O2. The highest BCUT2D eigenvalue weighted by atomic mass is 79.9. The lowest BCUT2D eigenvalue weighted by atomic mass is 10.1. The van der Waals surface area contributed by atoms with Gasteiger partial charge in [0.05, 0.1) is 29.4 Å². The molecule has 0 aromatic carbocycles. The highest BCUT2D eigenvalue weighted by molar-refractivity contribution is 9.10. The number of nitrogens with one attached hydrogen (secondary N) is 2. The van der Waals surface area contributed by atoms with Crippen LogP contribution in [-0.4, -0.2) is 61.7 Å². The van der Waals surface area contributed by atoms with Gasteiger partial charge in [-0.05, 0) is 19.8 Å². The van der Waals surface area contributed by atoms with Crippen LogP contribution in [0, 0.1) is 6.57 Å². The van der Waals surface area contributed by atoms with Crippen molar-refractivity contribution >= 4 is 56.0 Å². The van der Waals surface area contributed by atoms with Crippen molar-refractivity contribution in [3.8, 4) is 5.88 Å². The molecule has 0 saturated carbocycles. The van der Waals surface area contributed by atoms with E-state index in [-0.39, 0.29) is 28.3 Å². The first-order chi connectivity index (χ1) is 15.9. The molecule has 3 aromatic heterocycles. The molecule has 4 heterocycles. The van der Waals surface area contributed by atoms with Gasteiger partial charge in [-0.2, -0.15) is 10.1 Å². The number of nitrogens with zero attached hydrogens (tertiary/aromatic N) is 7. The van der Waals surface area contributed by atoms with Gasteiger partial charge in [-0.25, -0.2) is 14.8 Å². The number of methoxy groups -OCH3 is 1. The Morgan fingerprint density at radius 3 is 2.94 bits per heavy atom. The summed E-state index contributed by atoms with van der Waals surface area (Å²) in [5, 5.41) is 11.4. The Morgan fingerprint density at radius 2 is 2.21 bits per heavy atom. The summed E-state index contributed by atoms with van der Waals surface area (Å²) >= 11 is 3.27. The number of pyridine rings is 1. The molecule has 0 radical (unpaired) electrons. The van der Waals surface area contributed by atoms with Crippen LogP contribution < -0.4 is 20.3 Å². The number of anilines is 3. The second-order valence-corrected chi connectivity index (χ2v) is 9.14. The molecule has 11 nitrogen and oxygen atoms in total. The number of carbonyl (C=O) groups excluding carboxylic acids is 1. The van der Waals surface area contributed by atoms with Crippen LogP contribution >= 0.6 is 15.9 Å². The van der Waals surface area contributed by atoms with Crippen molar-refractivity contribution in [1.29, 1.82) is 0 Å². The molecule has 1 unspecified atom stereocenters. The molecule has 4 rings (SSSR count). The molecule has 12 heteroatoms. The van der Waals surface area contributed by atoms with Gasteiger partial charge in [-0.15, -0.1) is 0 Å². The fourth-order valence-electron chi connectivity index (χ4n) is 3.77. The molecule has 2 atom stereocenters. The van der Waals surface area contributed by atoms with Crippen molar-refractivity contribution in [2.75, 3.05) is 35.7 Å². The topological polar surface area (TPSA) is 114 Å². The van der Waals surface area contributed by atoms with Crippen molar-refractivity contribution in [2.45, 2.75) is 30.6 Å². The normalized spacial score (nSPS) is 16.8. The van der Waals surface area contributed by atoms with Gasteiger partial charge in [0.25, 0.3) is 5.69 Å². The number of aryl methyl sites for hydroxylation is 1. The molecule has 1 aliphatic heterocycles. The van der Waals surface area contributed by atoms with E-state index in [1.54, 1.807) is 17.8 Å². The van der Waals surface area contributed by atoms with Crippen LogP contribution in [0.25, 0.3) is 15.7 Å². The van der Waals surface area contributed by atoms with Crippen molar-refractivity contribution < 1.29 is 9.53 Å². The first-order valence-electron chi connectivity index (χ1n) is 10.5. The minimum Gasteiger partial charge on any atom is -0.490 e. The number of ether oxygens (including phenoxy) is 1. The number of amides is 1. The van der Waals surface area contributed by atoms with E-state index in [0.29, 0.717) is 11.8 Å². The molecule has 172 valence electrons. The summed E-state index contributed by atoms with van der Waals surface area (Å²) in [5.41, 5.74) is 1.17. The van der Waals surface area contributed by atoms with Gasteiger partial charge in [0.15, 0.2) is 5.82 Å². The average molecular weight is 514 g/mol. The third-order valence-electron chi connectivity index (χ3n) is 5.45. The predicted octanol–water partition coefficient (Wildman–Crippen LogP) is 3.12. The second-order valence-electron chi connectivity index (χ2n) is 7.77. The number of rotatable bonds is 6. The maximum absolute atomic E-state index is 12.1. The predicted molar refractivity (Wildman–Crippen MR) is 129 cm³/mol. The van der Waals surface area contributed by atoms with Gasteiger partial charge in [0.2, 0.25) is 17.7 Å². The number of piperidine rings is 1. The summed E-state index contributed by atoms with van der Waals surface area (Å²) in [6.07, 6.45) is 5.15. The van der Waals surface area contributed by atoms with E-state index < -0.39 is 0 Å². The number of hydrogen-bond donors (Lipinski definition) is 2. The number of carbonyl (C=O) groups is 1. The number of halogens is 1. The quantitative estimate of drug-likeness (QED) is 0.381. The van der Waals surface area contributed by atoms with Crippen LogP contribution in [0.4, 0.5) is 23.3 Å². The van der Waals surface area contributed by atoms with Crippen LogP contribution in [0.1, 0.15) is 19.8 Å². The van der Waals surface area contributed by atoms with E-state index in [1.807, 2.05) is 13.1 Å². The molecule has 0 aliphatic carbocycles. The van der Waals surface area contributed by atoms with Gasteiger partial charge < -0.3 is 20.3 Å². The van der Waals surface area contributed by atoms with Gasteiger partial charge in [-0.3, -0.25) is 9.48 Å². The third kappa shape index (κ3) is 4.83. The minimum atomic E-state index is -0.318. The lowest BCUT2D eigenvalue weighted by molar-refractivity contribution is -0.115. The average Bonchev–Trinajstić information content (AvgIpc) is 3.13. The smallest absolute Gasteiger partial charge is 0.264 e. The number of aromatic nitrogens is 5. The third-order valence-corrected chi connectivity index (χ3v) is 5.87. The molecule has 3 aromatic rings. The summed E-state index contributed by atoms with van der Waals surface area (Å²) in [4.78, 5) is 30.5. The number of fused-ring (bicyclic) bond motifs is 1. The molecule has 1 fully saturated rings. The fraction of sp³-hybridized carbons (Fsp3) is 0.429. The van der Waals surface area contributed by atoms with E-state index in [9.17, 15) is 4.79 Å². The second kappa shape index (κ2) is 9.58. The van der Waals surface area contributed by atoms with E-state index in [4.69, 9.17) is 11.3 Å². The Hall–Kier alpha value is -3.46. The lowest BCUT2D eigenvalue weighted by Gasteiger charge is -2.34. The van der Waals surface area contributed by atoms with Crippen molar-refractivity contribution in [3.63, 3.8) is 0 Å². The molecule has 0 bridgehead atoms. The monoisotopic (exact) mass is 513 g/mol. The van der Waals surface area contributed by atoms with Crippen LogP contribution in [0.2, 0.25) is 0 Å². The Kier molecular flexibility index (Phi) is 6.60. The molecule has 1 amide bonds. The van der Waals surface area contributed by atoms with Crippen LogP contribution in [-0.2, 0) is 11.8 Å². The Bertz CT molecular complexity index is 1220. The lowest BCUT2D eigenvalue weighted by Crippen LogP contribution is -2.42. The van der Waals surface area contributed by atoms with Crippen molar-refractivity contribution in [1.82, 2.24) is 24.7 Å². The van der Waals surface area contributed by atoms with E-state index >= 15 is 0 Å². The summed E-state index contributed by atoms with van der Waals surface area (Å²) in [6, 6.07) is 2.10. The highest BCUT2D eigenvalue weighted by Crippen LogP contribution is 2.28. The zero-order chi connectivity index (χ0) is 23.5. The van der Waals surface area contributed by atoms with E-state index in [1.165, 1.54) is 13.3 Å². The molecule has 1 saturated heterocycles. The van der Waals surface area contributed by atoms with Gasteiger partial charge in [-0.1, -0.05) is 15.9 Å². The molecule has 0 spiro atoms. The number of hydrogen-bond acceptors (Lipinski definition) is 8. The summed E-state index contributed by atoms with van der Waals surface area (Å²) in [5.74, 6) is 1.87. The largest absolute Gasteiger partial charge is 0.490 e. The number of alkyl halides is 1. The Balaban J connectivity index is 1.51. The maximum Gasteiger partial charge on any atom is 0.264 e. The highest BCUT2D eigenvalue weighted by Gasteiger charge is 2.23. The van der Waals surface area contributed by atoms with Crippen molar-refractivity contribution in [3.05, 3.63) is 29.9 Å². The van der Waals surface area contributed by atoms with Crippen LogP contribution in [0.3, 0.4) is 0 Å². The summed E-state index contributed by atoms with van der Waals surface area (Å²) < 4.78 is 6.93. The molecule has 2 N–H and O–H groups in total. The molecule has 33 heavy (non-hydrogen) atoms. The zero-order valence-electron chi connectivity index (χ0n) is 18.5. The minimum absolute atomic E-state index is 0.113. The zero-order valence-corrected chi connectivity index (χ0v) is 20.1. The first kappa shape index (κ1) is 22.7. The molecular weight excluding hydrogens is 490 g/mol. The van der Waals surface area contributed by atoms with Gasteiger partial charge in [0, 0.05) is 44.6 Å². The standard InChI is InChI=1S/C21H24BrN9O2/c1-12(22)19(32)27-18-14-9-24-17(8-16(14)30(3)29-18)31-7-5-6-13(11-31)26-21-25-10-15(23-2)20(28-21)33-4/h8-10,12-13H,5-7,11H2,1,3-4H3,(H,25,26,28)(H,27,29,32)/t12?,13-/m1/s1. The fourth-order valence-corrected chi connectivity index (χ4v) is 3.88. The summed E-state index contributed by atoms with van der Waals surface area (Å²) in [6.45, 7) is 10.5.